The second-order valence-corrected chi connectivity index (χ2v) is 11.0. The highest BCUT2D eigenvalue weighted by atomic mass is 16.7. The van der Waals surface area contributed by atoms with Crippen molar-refractivity contribution < 1.29 is 15.3 Å². The molecule has 0 aromatic heterocycles. The summed E-state index contributed by atoms with van der Waals surface area (Å²) in [6, 6.07) is 0. The van der Waals surface area contributed by atoms with E-state index in [2.05, 4.69) is 26.1 Å². The molecule has 4 heteroatoms. The number of aliphatic hydroxyl groups is 3. The van der Waals surface area contributed by atoms with E-state index in [1.165, 1.54) is 51.4 Å². The van der Waals surface area contributed by atoms with Gasteiger partial charge in [0.2, 0.25) is 0 Å². The number of rotatable bonds is 4. The molecule has 0 aromatic rings. The molecule has 4 nitrogen and oxygen atoms in total. The Bertz CT molecular complexity index is 546. The van der Waals surface area contributed by atoms with Crippen molar-refractivity contribution >= 4 is 0 Å². The molecule has 8 atom stereocenters. The van der Waals surface area contributed by atoms with Gasteiger partial charge in [-0.3, -0.25) is 0 Å². The van der Waals surface area contributed by atoms with E-state index >= 15 is 0 Å². The first-order chi connectivity index (χ1) is 12.7. The molecule has 4 rings (SSSR count). The third-order valence-electron chi connectivity index (χ3n) is 9.83. The van der Waals surface area contributed by atoms with E-state index in [1.54, 1.807) is 0 Å². The molecule has 1 saturated heterocycles. The van der Waals surface area contributed by atoms with Crippen LogP contribution in [0.25, 0.3) is 0 Å². The predicted octanol–water partition coefficient (Wildman–Crippen LogP) is 3.64. The first kappa shape index (κ1) is 20.1. The minimum absolute atomic E-state index is 0.0389. The van der Waals surface area contributed by atoms with Crippen LogP contribution in [0, 0.1) is 40.9 Å². The monoisotopic (exact) mass is 379 g/mol. The molecule has 27 heavy (non-hydrogen) atoms. The van der Waals surface area contributed by atoms with Crippen LogP contribution < -0.4 is 5.32 Å². The fourth-order valence-corrected chi connectivity index (χ4v) is 8.33. The third kappa shape index (κ3) is 3.39. The Hall–Kier alpha value is -0.160. The van der Waals surface area contributed by atoms with Crippen molar-refractivity contribution in [1.82, 2.24) is 5.32 Å². The molecular formula is C23H41NO3. The Balaban J connectivity index is 1.49. The standard InChI is InChI=1S/C23H41NO3/c1-15(11-13-23(25,26)27)18-9-10-19-17-8-7-16-6-4-5-12-21(16,2)20(17)14-24-22(18,19)3/h15-20,24-27H,4-14H2,1-3H3/t15-,16?,17+,18-,19+,20+,21+,22-/m1/s1. The zero-order chi connectivity index (χ0) is 19.4. The van der Waals surface area contributed by atoms with Gasteiger partial charge in [0.15, 0.2) is 0 Å². The zero-order valence-corrected chi connectivity index (χ0v) is 17.6. The van der Waals surface area contributed by atoms with Crippen molar-refractivity contribution in [2.75, 3.05) is 6.54 Å². The van der Waals surface area contributed by atoms with Gasteiger partial charge in [0.05, 0.1) is 0 Å². The van der Waals surface area contributed by atoms with E-state index in [4.69, 9.17) is 0 Å². The first-order valence-corrected chi connectivity index (χ1v) is 11.6. The fraction of sp³-hybridized carbons (Fsp3) is 1.00. The average Bonchev–Trinajstić information content (AvgIpc) is 2.96. The molecule has 1 unspecified atom stereocenters. The zero-order valence-electron chi connectivity index (χ0n) is 17.6. The maximum Gasteiger partial charge on any atom is 0.275 e. The quantitative estimate of drug-likeness (QED) is 0.563. The molecule has 0 bridgehead atoms. The van der Waals surface area contributed by atoms with Gasteiger partial charge in [-0.25, -0.2) is 0 Å². The minimum Gasteiger partial charge on any atom is -0.344 e. The van der Waals surface area contributed by atoms with E-state index in [0.717, 1.165) is 30.2 Å². The summed E-state index contributed by atoms with van der Waals surface area (Å²) in [6.45, 7) is 8.45. The third-order valence-corrected chi connectivity index (χ3v) is 9.83. The molecule has 4 aliphatic rings. The molecule has 4 N–H and O–H groups in total. The predicted molar refractivity (Wildman–Crippen MR) is 107 cm³/mol. The van der Waals surface area contributed by atoms with Crippen LogP contribution in [0.5, 0.6) is 0 Å². The van der Waals surface area contributed by atoms with Gasteiger partial charge in [-0.05, 0) is 99.3 Å². The van der Waals surface area contributed by atoms with Crippen LogP contribution in [-0.2, 0) is 0 Å². The summed E-state index contributed by atoms with van der Waals surface area (Å²) in [5.41, 5.74) is 0.713. The fourth-order valence-electron chi connectivity index (χ4n) is 8.33. The number of nitrogens with one attached hydrogen (secondary N) is 1. The summed E-state index contributed by atoms with van der Waals surface area (Å²) in [6.07, 6.45) is 11.8. The van der Waals surface area contributed by atoms with Crippen molar-refractivity contribution in [3.63, 3.8) is 0 Å². The Morgan fingerprint density at radius 3 is 2.52 bits per heavy atom. The molecule has 3 saturated carbocycles. The van der Waals surface area contributed by atoms with E-state index in [9.17, 15) is 15.3 Å². The molecule has 3 aliphatic carbocycles. The van der Waals surface area contributed by atoms with Gasteiger partial charge in [0.25, 0.3) is 5.97 Å². The number of hydrogen-bond acceptors (Lipinski definition) is 4. The van der Waals surface area contributed by atoms with Gasteiger partial charge < -0.3 is 20.6 Å². The number of fused-ring (bicyclic) bond motifs is 5. The molecule has 1 heterocycles. The van der Waals surface area contributed by atoms with Crippen LogP contribution in [0.1, 0.15) is 85.0 Å². The SMILES string of the molecule is C[C@H](CCC(O)(O)O)[C@H]1CC[C@H]2[C@@H]3CCC4CCCC[C@]4(C)[C@H]3CN[C@]12C. The van der Waals surface area contributed by atoms with Gasteiger partial charge in [-0.1, -0.05) is 26.7 Å². The summed E-state index contributed by atoms with van der Waals surface area (Å²) in [7, 11) is 0. The van der Waals surface area contributed by atoms with Crippen molar-refractivity contribution in [3.05, 3.63) is 0 Å². The molecular weight excluding hydrogens is 338 g/mol. The lowest BCUT2D eigenvalue weighted by Crippen LogP contribution is -2.65. The van der Waals surface area contributed by atoms with Crippen LogP contribution in [0.2, 0.25) is 0 Å². The Morgan fingerprint density at radius 1 is 1.00 bits per heavy atom. The normalized spacial score (nSPS) is 48.4. The molecule has 1 aliphatic heterocycles. The highest BCUT2D eigenvalue weighted by molar-refractivity contribution is 5.13. The molecule has 0 amide bonds. The van der Waals surface area contributed by atoms with Crippen LogP contribution in [0.4, 0.5) is 0 Å². The summed E-state index contributed by atoms with van der Waals surface area (Å²) < 4.78 is 0. The smallest absolute Gasteiger partial charge is 0.275 e. The minimum atomic E-state index is -2.52. The highest BCUT2D eigenvalue weighted by Gasteiger charge is 2.60. The van der Waals surface area contributed by atoms with Crippen LogP contribution in [0.3, 0.4) is 0 Å². The van der Waals surface area contributed by atoms with Crippen LogP contribution in [-0.4, -0.2) is 33.4 Å². The van der Waals surface area contributed by atoms with Crippen molar-refractivity contribution in [2.24, 2.45) is 40.9 Å². The molecule has 4 fully saturated rings. The van der Waals surface area contributed by atoms with Crippen molar-refractivity contribution in [3.8, 4) is 0 Å². The Labute approximate surface area is 165 Å². The van der Waals surface area contributed by atoms with Crippen molar-refractivity contribution in [2.45, 2.75) is 96.5 Å². The second-order valence-electron chi connectivity index (χ2n) is 11.0. The van der Waals surface area contributed by atoms with Gasteiger partial charge in [-0.15, -0.1) is 0 Å². The van der Waals surface area contributed by atoms with Gasteiger partial charge >= 0.3 is 0 Å². The maximum atomic E-state index is 9.29. The lowest BCUT2D eigenvalue weighted by atomic mass is 9.48. The molecule has 0 radical (unpaired) electrons. The molecule has 0 aromatic carbocycles. The topological polar surface area (TPSA) is 72.7 Å². The summed E-state index contributed by atoms with van der Waals surface area (Å²) >= 11 is 0. The number of piperidine rings is 1. The van der Waals surface area contributed by atoms with Crippen LogP contribution >= 0.6 is 0 Å². The largest absolute Gasteiger partial charge is 0.344 e. The first-order valence-electron chi connectivity index (χ1n) is 11.6. The van der Waals surface area contributed by atoms with E-state index < -0.39 is 5.97 Å². The maximum absolute atomic E-state index is 9.29. The summed E-state index contributed by atoms with van der Waals surface area (Å²) in [5.74, 6) is 1.82. The second kappa shape index (κ2) is 6.97. The van der Waals surface area contributed by atoms with E-state index in [0.29, 0.717) is 23.7 Å². The van der Waals surface area contributed by atoms with Gasteiger partial charge in [0.1, 0.15) is 0 Å². The highest BCUT2D eigenvalue weighted by Crippen LogP contribution is 2.62. The van der Waals surface area contributed by atoms with Crippen LogP contribution in [0.15, 0.2) is 0 Å². The van der Waals surface area contributed by atoms with Crippen molar-refractivity contribution in [1.29, 1.82) is 0 Å². The van der Waals surface area contributed by atoms with Gasteiger partial charge in [-0.2, -0.15) is 0 Å². The Morgan fingerprint density at radius 2 is 1.78 bits per heavy atom. The Kier molecular flexibility index (Phi) is 5.19. The summed E-state index contributed by atoms with van der Waals surface area (Å²) in [4.78, 5) is 0. The number of hydrogen-bond donors (Lipinski definition) is 4. The lowest BCUT2D eigenvalue weighted by molar-refractivity contribution is -0.316. The van der Waals surface area contributed by atoms with E-state index in [1.807, 2.05) is 0 Å². The molecule has 156 valence electrons. The molecule has 0 spiro atoms. The lowest BCUT2D eigenvalue weighted by Gasteiger charge is -2.61. The average molecular weight is 380 g/mol. The van der Waals surface area contributed by atoms with Gasteiger partial charge in [0, 0.05) is 12.0 Å². The summed E-state index contributed by atoms with van der Waals surface area (Å²) in [5, 5.41) is 31.9. The van der Waals surface area contributed by atoms with E-state index in [-0.39, 0.29) is 12.0 Å².